The molecule has 3 heterocycles. The monoisotopic (exact) mass is 594 g/mol. The van der Waals surface area contributed by atoms with E-state index in [1.54, 1.807) is 19.1 Å². The van der Waals surface area contributed by atoms with Gasteiger partial charge < -0.3 is 38.6 Å². The van der Waals surface area contributed by atoms with Crippen molar-refractivity contribution in [2.75, 3.05) is 0 Å². The lowest BCUT2D eigenvalue weighted by Gasteiger charge is -2.53. The van der Waals surface area contributed by atoms with Crippen molar-refractivity contribution in [3.8, 4) is 0 Å². The van der Waals surface area contributed by atoms with Gasteiger partial charge in [0.2, 0.25) is 0 Å². The molecule has 2 saturated carbocycles. The molecule has 0 amide bonds. The minimum Gasteiger partial charge on any atom is -0.574 e. The molecular weight excluding hydrogens is 564 g/mol. The van der Waals surface area contributed by atoms with Crippen LogP contribution in [0.2, 0.25) is 0 Å². The molecule has 1 saturated heterocycles. The zero-order chi connectivity index (χ0) is 30.7. The van der Waals surface area contributed by atoms with Crippen LogP contribution in [0.25, 0.3) is 0 Å². The standard InChI is InChI=1S/C31H32O12/c1-2-3-6-11-20-25(34)40-30(41-26(20)35)16-18-31(19-17-30)42-27(36)22(28(37)43-31)13-8-4-7-12-21-23(32)38-29(39-24(21)33)14-9-5-10-15-29/h2-4,6-8,11-13,34,36H,5,9-10,14-19H2,1H3/p-2/b3-2+,7-4+,11-6+,13-8+. The second-order valence-corrected chi connectivity index (χ2v) is 10.7. The highest BCUT2D eigenvalue weighted by Gasteiger charge is 2.49. The molecule has 0 radical (unpaired) electrons. The summed E-state index contributed by atoms with van der Waals surface area (Å²) in [5.41, 5.74) is -0.889. The summed E-state index contributed by atoms with van der Waals surface area (Å²) in [6.45, 7) is 1.78. The molecule has 0 atom stereocenters. The summed E-state index contributed by atoms with van der Waals surface area (Å²) in [4.78, 5) is 49.9. The fourth-order valence-electron chi connectivity index (χ4n) is 5.41. The van der Waals surface area contributed by atoms with Crippen molar-refractivity contribution < 1.29 is 57.8 Å². The van der Waals surface area contributed by atoms with Crippen LogP contribution in [0.4, 0.5) is 0 Å². The van der Waals surface area contributed by atoms with Gasteiger partial charge in [0.15, 0.2) is 11.6 Å². The Morgan fingerprint density at radius 2 is 0.977 bits per heavy atom. The zero-order valence-electron chi connectivity index (χ0n) is 23.5. The zero-order valence-corrected chi connectivity index (χ0v) is 23.5. The van der Waals surface area contributed by atoms with E-state index in [9.17, 15) is 29.4 Å². The first-order valence-electron chi connectivity index (χ1n) is 14.1. The van der Waals surface area contributed by atoms with Gasteiger partial charge in [-0.1, -0.05) is 42.9 Å². The van der Waals surface area contributed by atoms with Gasteiger partial charge in [0.05, 0.1) is 23.0 Å². The number of hydrogen-bond acceptors (Lipinski definition) is 12. The average Bonchev–Trinajstić information content (AvgIpc) is 2.95. The molecule has 3 fully saturated rings. The number of hydrogen-bond donors (Lipinski definition) is 0. The minimum absolute atomic E-state index is 0.0501. The van der Waals surface area contributed by atoms with Gasteiger partial charge in [-0.05, 0) is 38.0 Å². The summed E-state index contributed by atoms with van der Waals surface area (Å²) >= 11 is 0. The third-order valence-electron chi connectivity index (χ3n) is 7.70. The molecule has 0 N–H and O–H groups in total. The highest BCUT2D eigenvalue weighted by atomic mass is 16.8. The lowest BCUT2D eigenvalue weighted by atomic mass is 9.87. The van der Waals surface area contributed by atoms with Crippen LogP contribution in [0.15, 0.2) is 83.3 Å². The van der Waals surface area contributed by atoms with E-state index in [2.05, 4.69) is 0 Å². The first-order valence-corrected chi connectivity index (χ1v) is 14.1. The topological polar surface area (TPSA) is 170 Å². The lowest BCUT2D eigenvalue weighted by molar-refractivity contribution is -0.422. The van der Waals surface area contributed by atoms with Gasteiger partial charge >= 0.3 is 23.9 Å². The predicted molar refractivity (Wildman–Crippen MR) is 141 cm³/mol. The molecule has 5 aliphatic rings. The molecule has 0 bridgehead atoms. The Morgan fingerprint density at radius 3 is 1.44 bits per heavy atom. The molecule has 12 heteroatoms. The number of carbonyl (C=O) groups is 4. The van der Waals surface area contributed by atoms with Crippen LogP contribution in [-0.2, 0) is 47.6 Å². The van der Waals surface area contributed by atoms with E-state index in [1.165, 1.54) is 42.5 Å². The number of carbonyl (C=O) groups excluding carboxylic acids is 4. The van der Waals surface area contributed by atoms with Crippen LogP contribution in [0.3, 0.4) is 0 Å². The average molecular weight is 595 g/mol. The van der Waals surface area contributed by atoms with Crippen LogP contribution in [0.1, 0.15) is 64.7 Å². The van der Waals surface area contributed by atoms with Crippen molar-refractivity contribution in [1.82, 2.24) is 0 Å². The molecule has 0 unspecified atom stereocenters. The molecular formula is C31H30O12-2. The maximum absolute atomic E-state index is 12.7. The van der Waals surface area contributed by atoms with Gasteiger partial charge in [-0.25, -0.2) is 19.2 Å². The summed E-state index contributed by atoms with van der Waals surface area (Å²) in [7, 11) is 0. The van der Waals surface area contributed by atoms with Crippen molar-refractivity contribution in [2.45, 2.75) is 82.1 Å². The highest BCUT2D eigenvalue weighted by molar-refractivity contribution is 6.15. The number of allylic oxidation sites excluding steroid dienone is 7. The molecule has 3 aliphatic heterocycles. The Hall–Kier alpha value is -4.74. The first-order chi connectivity index (χ1) is 20.6. The fraction of sp³-hybridized carbons (Fsp3) is 0.419. The molecule has 12 nitrogen and oxygen atoms in total. The van der Waals surface area contributed by atoms with Gasteiger partial charge in [-0.3, -0.25) is 0 Å². The highest BCUT2D eigenvalue weighted by Crippen LogP contribution is 2.46. The molecule has 0 aromatic rings. The summed E-state index contributed by atoms with van der Waals surface area (Å²) in [6, 6.07) is 0. The van der Waals surface area contributed by atoms with Gasteiger partial charge in [-0.15, -0.1) is 0 Å². The van der Waals surface area contributed by atoms with Gasteiger partial charge in [-0.2, -0.15) is 0 Å². The Kier molecular flexibility index (Phi) is 8.21. The summed E-state index contributed by atoms with van der Waals surface area (Å²) in [5, 5.41) is 25.2. The number of rotatable bonds is 5. The normalized spacial score (nSPS) is 25.0. The van der Waals surface area contributed by atoms with Crippen LogP contribution in [0.5, 0.6) is 0 Å². The van der Waals surface area contributed by atoms with E-state index in [4.69, 9.17) is 28.4 Å². The quantitative estimate of drug-likeness (QED) is 0.150. The summed E-state index contributed by atoms with van der Waals surface area (Å²) in [5.74, 6) is -9.36. The predicted octanol–water partition coefficient (Wildman–Crippen LogP) is 2.18. The smallest absolute Gasteiger partial charge is 0.348 e. The van der Waals surface area contributed by atoms with E-state index in [0.717, 1.165) is 19.3 Å². The van der Waals surface area contributed by atoms with Gasteiger partial charge in [0, 0.05) is 38.5 Å². The number of ether oxygens (including phenoxy) is 6. The van der Waals surface area contributed by atoms with Crippen LogP contribution < -0.4 is 10.2 Å². The fourth-order valence-corrected chi connectivity index (χ4v) is 5.41. The van der Waals surface area contributed by atoms with Crippen molar-refractivity contribution in [3.63, 3.8) is 0 Å². The number of esters is 4. The maximum atomic E-state index is 12.7. The third-order valence-corrected chi connectivity index (χ3v) is 7.70. The molecule has 0 aromatic heterocycles. The van der Waals surface area contributed by atoms with Crippen LogP contribution >= 0.6 is 0 Å². The second-order valence-electron chi connectivity index (χ2n) is 10.7. The van der Waals surface area contributed by atoms with E-state index in [-0.39, 0.29) is 42.4 Å². The Morgan fingerprint density at radius 1 is 0.535 bits per heavy atom. The first kappa shape index (κ1) is 29.7. The molecule has 3 spiro atoms. The Balaban J connectivity index is 1.19. The minimum atomic E-state index is -1.59. The van der Waals surface area contributed by atoms with E-state index >= 15 is 0 Å². The SMILES string of the molecule is C/C=C/C=C/C1=C([O-])OC2(CCC3(CC2)OC(=O)C(/C=C/C=C/C=C2C(=O)OC4(CCCCC4)OC2=O)=C([O-])O3)OC1=O. The summed E-state index contributed by atoms with van der Waals surface area (Å²) in [6.07, 6.45) is 16.0. The Bertz CT molecular complexity index is 1380. The molecule has 43 heavy (non-hydrogen) atoms. The van der Waals surface area contributed by atoms with Crippen molar-refractivity contribution in [3.05, 3.63) is 83.3 Å². The second kappa shape index (κ2) is 11.9. The lowest BCUT2D eigenvalue weighted by Crippen LogP contribution is -2.54. The van der Waals surface area contributed by atoms with Gasteiger partial charge in [0.1, 0.15) is 5.57 Å². The molecule has 2 aliphatic carbocycles. The van der Waals surface area contributed by atoms with E-state index in [1.807, 2.05) is 0 Å². The summed E-state index contributed by atoms with van der Waals surface area (Å²) < 4.78 is 32.7. The maximum Gasteiger partial charge on any atom is 0.348 e. The molecule has 5 rings (SSSR count). The van der Waals surface area contributed by atoms with Crippen molar-refractivity contribution >= 4 is 23.9 Å². The largest absolute Gasteiger partial charge is 0.574 e. The van der Waals surface area contributed by atoms with Crippen molar-refractivity contribution in [2.24, 2.45) is 0 Å². The van der Waals surface area contributed by atoms with Crippen molar-refractivity contribution in [1.29, 1.82) is 0 Å². The molecule has 0 aromatic carbocycles. The molecule has 228 valence electrons. The van der Waals surface area contributed by atoms with Crippen LogP contribution in [0, 0.1) is 0 Å². The van der Waals surface area contributed by atoms with Crippen LogP contribution in [-0.4, -0.2) is 41.2 Å². The van der Waals surface area contributed by atoms with Gasteiger partial charge in [0.25, 0.3) is 5.79 Å². The third kappa shape index (κ3) is 6.23. The Labute approximate surface area is 247 Å². The van der Waals surface area contributed by atoms with E-state index in [0.29, 0.717) is 12.8 Å². The van der Waals surface area contributed by atoms with E-state index < -0.39 is 53.1 Å².